The molecule has 1 atom stereocenters. The molecule has 0 aliphatic carbocycles. The number of fused-ring (bicyclic) bond motifs is 1. The summed E-state index contributed by atoms with van der Waals surface area (Å²) >= 11 is 6.23. The lowest BCUT2D eigenvalue weighted by molar-refractivity contribution is -0.121. The number of imidazole rings is 1. The van der Waals surface area contributed by atoms with Crippen LogP contribution in [0.2, 0.25) is 5.15 Å². The van der Waals surface area contributed by atoms with Crippen molar-refractivity contribution in [2.45, 2.75) is 38.1 Å². The zero-order chi connectivity index (χ0) is 16.5. The van der Waals surface area contributed by atoms with Gasteiger partial charge in [-0.2, -0.15) is 4.98 Å². The van der Waals surface area contributed by atoms with Crippen LogP contribution in [0.25, 0.3) is 17.2 Å². The predicted octanol–water partition coefficient (Wildman–Crippen LogP) is 2.64. The first kappa shape index (κ1) is 15.1. The number of nitrogens with zero attached hydrogens (tertiary/aromatic N) is 4. The third-order valence-electron chi connectivity index (χ3n) is 4.16. The van der Waals surface area contributed by atoms with Gasteiger partial charge < -0.3 is 9.84 Å². The molecule has 1 unspecified atom stereocenters. The van der Waals surface area contributed by atoms with E-state index in [9.17, 15) is 4.79 Å². The molecule has 1 aliphatic rings. The van der Waals surface area contributed by atoms with E-state index in [0.29, 0.717) is 35.4 Å². The van der Waals surface area contributed by atoms with Crippen molar-refractivity contribution in [3.8, 4) is 11.5 Å². The van der Waals surface area contributed by atoms with Crippen LogP contribution >= 0.6 is 11.6 Å². The van der Waals surface area contributed by atoms with Gasteiger partial charge in [0.05, 0.1) is 0 Å². The minimum atomic E-state index is 0.0333. The molecule has 124 valence electrons. The molecule has 0 radical (unpaired) electrons. The minimum absolute atomic E-state index is 0.0333. The number of halogens is 1. The van der Waals surface area contributed by atoms with Gasteiger partial charge in [-0.05, 0) is 25.0 Å². The number of rotatable bonds is 3. The average molecular weight is 346 g/mol. The van der Waals surface area contributed by atoms with Crippen molar-refractivity contribution in [3.63, 3.8) is 0 Å². The Bertz CT molecular complexity index is 888. The van der Waals surface area contributed by atoms with Gasteiger partial charge in [0.15, 0.2) is 5.15 Å². The Morgan fingerprint density at radius 2 is 2.25 bits per heavy atom. The van der Waals surface area contributed by atoms with Crippen molar-refractivity contribution in [2.24, 2.45) is 0 Å². The van der Waals surface area contributed by atoms with Gasteiger partial charge >= 0.3 is 0 Å². The zero-order valence-electron chi connectivity index (χ0n) is 12.9. The molecule has 3 aromatic heterocycles. The van der Waals surface area contributed by atoms with Crippen molar-refractivity contribution >= 4 is 23.2 Å². The Hall–Kier alpha value is -2.41. The summed E-state index contributed by atoms with van der Waals surface area (Å²) in [6.45, 7) is 0. The average Bonchev–Trinajstić information content (AvgIpc) is 3.07. The Labute approximate surface area is 143 Å². The molecule has 1 aliphatic heterocycles. The van der Waals surface area contributed by atoms with Gasteiger partial charge in [0.25, 0.3) is 0 Å². The molecule has 8 heteroatoms. The lowest BCUT2D eigenvalue weighted by Gasteiger charge is -2.12. The van der Waals surface area contributed by atoms with Gasteiger partial charge in [0.1, 0.15) is 11.3 Å². The van der Waals surface area contributed by atoms with Crippen LogP contribution in [0.4, 0.5) is 0 Å². The number of aromatic nitrogens is 4. The summed E-state index contributed by atoms with van der Waals surface area (Å²) in [7, 11) is 0. The second-order valence-corrected chi connectivity index (χ2v) is 6.26. The SMILES string of the molecule is O=C1CCCCC(Cc2nc(-c3c(Cl)nc4ccccn34)no2)N1. The summed E-state index contributed by atoms with van der Waals surface area (Å²) in [5.41, 5.74) is 1.33. The summed E-state index contributed by atoms with van der Waals surface area (Å²) < 4.78 is 7.18. The number of carbonyl (C=O) groups is 1. The normalized spacial score (nSPS) is 18.5. The van der Waals surface area contributed by atoms with Crippen LogP contribution in [0.5, 0.6) is 0 Å². The topological polar surface area (TPSA) is 85.3 Å². The second kappa shape index (κ2) is 6.24. The molecule has 1 fully saturated rings. The number of nitrogens with one attached hydrogen (secondary N) is 1. The molecule has 1 N–H and O–H groups in total. The lowest BCUT2D eigenvalue weighted by atomic mass is 10.1. The number of pyridine rings is 1. The smallest absolute Gasteiger partial charge is 0.229 e. The summed E-state index contributed by atoms with van der Waals surface area (Å²) in [6, 6.07) is 5.67. The van der Waals surface area contributed by atoms with Gasteiger partial charge in [0.2, 0.25) is 17.6 Å². The van der Waals surface area contributed by atoms with E-state index in [-0.39, 0.29) is 11.9 Å². The van der Waals surface area contributed by atoms with Crippen LogP contribution in [-0.4, -0.2) is 31.5 Å². The first-order chi connectivity index (χ1) is 11.7. The molecule has 0 spiro atoms. The number of amides is 1. The van der Waals surface area contributed by atoms with Crippen LogP contribution in [-0.2, 0) is 11.2 Å². The molecule has 4 heterocycles. The summed E-state index contributed by atoms with van der Waals surface area (Å²) in [5.74, 6) is 0.967. The molecule has 4 rings (SSSR count). The van der Waals surface area contributed by atoms with Crippen molar-refractivity contribution in [1.29, 1.82) is 0 Å². The van der Waals surface area contributed by atoms with Gasteiger partial charge in [0, 0.05) is 25.1 Å². The molecule has 0 bridgehead atoms. The van der Waals surface area contributed by atoms with E-state index >= 15 is 0 Å². The van der Waals surface area contributed by atoms with E-state index in [4.69, 9.17) is 16.1 Å². The standard InChI is InChI=1S/C16H16ClN5O2/c17-15-14(22-8-4-3-6-11(22)19-15)16-20-13(24-21-16)9-10-5-1-2-7-12(23)18-10/h3-4,6,8,10H,1-2,5,7,9H2,(H,18,23). The molecule has 24 heavy (non-hydrogen) atoms. The van der Waals surface area contributed by atoms with Crippen molar-refractivity contribution < 1.29 is 9.32 Å². The Kier molecular flexibility index (Phi) is 3.93. The molecular weight excluding hydrogens is 330 g/mol. The summed E-state index contributed by atoms with van der Waals surface area (Å²) in [4.78, 5) is 20.4. The molecule has 1 amide bonds. The molecule has 0 aromatic carbocycles. The van der Waals surface area contributed by atoms with Crippen LogP contribution in [0.1, 0.15) is 31.6 Å². The molecule has 0 saturated carbocycles. The minimum Gasteiger partial charge on any atom is -0.353 e. The number of hydrogen-bond acceptors (Lipinski definition) is 5. The second-order valence-electron chi connectivity index (χ2n) is 5.91. The Balaban J connectivity index is 1.60. The van der Waals surface area contributed by atoms with Crippen LogP contribution in [0.15, 0.2) is 28.9 Å². The number of carbonyl (C=O) groups excluding carboxylic acids is 1. The lowest BCUT2D eigenvalue weighted by Crippen LogP contribution is -2.34. The first-order valence-electron chi connectivity index (χ1n) is 7.95. The monoisotopic (exact) mass is 345 g/mol. The van der Waals surface area contributed by atoms with Crippen LogP contribution in [0.3, 0.4) is 0 Å². The van der Waals surface area contributed by atoms with E-state index in [1.54, 1.807) is 0 Å². The highest BCUT2D eigenvalue weighted by atomic mass is 35.5. The summed E-state index contributed by atoms with van der Waals surface area (Å²) in [6.07, 6.45) is 5.82. The maximum atomic E-state index is 11.7. The molecule has 1 saturated heterocycles. The quantitative estimate of drug-likeness (QED) is 0.788. The van der Waals surface area contributed by atoms with Crippen LogP contribution < -0.4 is 5.32 Å². The fourth-order valence-electron chi connectivity index (χ4n) is 3.01. The maximum absolute atomic E-state index is 11.7. The maximum Gasteiger partial charge on any atom is 0.229 e. The van der Waals surface area contributed by atoms with Gasteiger partial charge in [-0.3, -0.25) is 9.20 Å². The van der Waals surface area contributed by atoms with Gasteiger partial charge in [-0.15, -0.1) is 0 Å². The van der Waals surface area contributed by atoms with Gasteiger partial charge in [-0.25, -0.2) is 4.98 Å². The van der Waals surface area contributed by atoms with Crippen molar-refractivity contribution in [3.05, 3.63) is 35.4 Å². The van der Waals surface area contributed by atoms with E-state index in [2.05, 4.69) is 20.4 Å². The fourth-order valence-corrected chi connectivity index (χ4v) is 3.28. The molecule has 3 aromatic rings. The Morgan fingerprint density at radius 1 is 1.33 bits per heavy atom. The van der Waals surface area contributed by atoms with E-state index in [0.717, 1.165) is 24.9 Å². The highest BCUT2D eigenvalue weighted by molar-refractivity contribution is 6.32. The molecule has 7 nitrogen and oxygen atoms in total. The highest BCUT2D eigenvalue weighted by Gasteiger charge is 2.22. The fraction of sp³-hybridized carbons (Fsp3) is 0.375. The highest BCUT2D eigenvalue weighted by Crippen LogP contribution is 2.26. The number of hydrogen-bond donors (Lipinski definition) is 1. The first-order valence-corrected chi connectivity index (χ1v) is 8.33. The van der Waals surface area contributed by atoms with Crippen molar-refractivity contribution in [2.75, 3.05) is 0 Å². The van der Waals surface area contributed by atoms with E-state index < -0.39 is 0 Å². The third kappa shape index (κ3) is 2.87. The van der Waals surface area contributed by atoms with E-state index in [1.807, 2.05) is 28.8 Å². The Morgan fingerprint density at radius 3 is 3.17 bits per heavy atom. The summed E-state index contributed by atoms with van der Waals surface area (Å²) in [5, 5.41) is 7.37. The molecular formula is C16H16ClN5O2. The van der Waals surface area contributed by atoms with Crippen molar-refractivity contribution in [1.82, 2.24) is 24.8 Å². The van der Waals surface area contributed by atoms with Crippen LogP contribution in [0, 0.1) is 0 Å². The third-order valence-corrected chi connectivity index (χ3v) is 4.42. The van der Waals surface area contributed by atoms with E-state index in [1.165, 1.54) is 0 Å². The zero-order valence-corrected chi connectivity index (χ0v) is 13.7. The predicted molar refractivity (Wildman–Crippen MR) is 87.6 cm³/mol. The van der Waals surface area contributed by atoms with Gasteiger partial charge in [-0.1, -0.05) is 29.2 Å². The largest absolute Gasteiger partial charge is 0.353 e.